The van der Waals surface area contributed by atoms with Gasteiger partial charge in [0.15, 0.2) is 0 Å². The van der Waals surface area contributed by atoms with Crippen LogP contribution in [-0.2, 0) is 4.74 Å². The summed E-state index contributed by atoms with van der Waals surface area (Å²) in [6, 6.07) is 14.9. The summed E-state index contributed by atoms with van der Waals surface area (Å²) < 4.78 is 5.52. The molecular weight excluding hydrogens is 362 g/mol. The normalized spacial score (nSPS) is 26.6. The molecule has 1 amide bonds. The maximum Gasteiger partial charge on any atom is 0.410 e. The second-order valence-corrected chi connectivity index (χ2v) is 7.25. The molecule has 7 heteroatoms. The molecule has 1 saturated heterocycles. The van der Waals surface area contributed by atoms with Crippen molar-refractivity contribution in [3.05, 3.63) is 59.7 Å². The van der Waals surface area contributed by atoms with Gasteiger partial charge < -0.3 is 25.2 Å². The summed E-state index contributed by atoms with van der Waals surface area (Å²) in [6.07, 6.45) is -4.92. The zero-order chi connectivity index (χ0) is 19.8. The number of ether oxygens (including phenoxy) is 1. The lowest BCUT2D eigenvalue weighted by molar-refractivity contribution is -0.138. The van der Waals surface area contributed by atoms with Crippen molar-refractivity contribution in [1.29, 1.82) is 0 Å². The SMILES string of the molecule is O=C(OCC1c2ccccc2-c2ccccc21)N1C[C@H](O)[C@@H](O)[C@H](O)[C@H]1CO. The minimum Gasteiger partial charge on any atom is -0.448 e. The van der Waals surface area contributed by atoms with Crippen molar-refractivity contribution in [2.24, 2.45) is 0 Å². The van der Waals surface area contributed by atoms with E-state index in [1.54, 1.807) is 0 Å². The second kappa shape index (κ2) is 7.52. The Labute approximate surface area is 162 Å². The largest absolute Gasteiger partial charge is 0.448 e. The zero-order valence-electron chi connectivity index (χ0n) is 15.2. The Morgan fingerprint density at radius 1 is 0.964 bits per heavy atom. The number of carbonyl (C=O) groups excluding carboxylic acids is 1. The average molecular weight is 385 g/mol. The Bertz CT molecular complexity index is 826. The van der Waals surface area contributed by atoms with Gasteiger partial charge in [0.2, 0.25) is 0 Å². The number of rotatable bonds is 3. The molecule has 7 nitrogen and oxygen atoms in total. The smallest absolute Gasteiger partial charge is 0.410 e. The molecule has 0 unspecified atom stereocenters. The molecule has 4 rings (SSSR count). The quantitative estimate of drug-likeness (QED) is 0.619. The summed E-state index contributed by atoms with van der Waals surface area (Å²) >= 11 is 0. The van der Waals surface area contributed by atoms with Crippen molar-refractivity contribution in [1.82, 2.24) is 4.90 Å². The number of benzene rings is 2. The van der Waals surface area contributed by atoms with Crippen molar-refractivity contribution in [2.45, 2.75) is 30.3 Å². The van der Waals surface area contributed by atoms with Gasteiger partial charge in [-0.1, -0.05) is 48.5 Å². The number of likely N-dealkylation sites (tertiary alicyclic amines) is 1. The van der Waals surface area contributed by atoms with Crippen LogP contribution in [-0.4, -0.2) is 75.5 Å². The zero-order valence-corrected chi connectivity index (χ0v) is 15.2. The lowest BCUT2D eigenvalue weighted by Crippen LogP contribution is -2.64. The van der Waals surface area contributed by atoms with Crippen LogP contribution in [0.25, 0.3) is 11.1 Å². The Balaban J connectivity index is 1.52. The molecule has 1 fully saturated rings. The Morgan fingerprint density at radius 2 is 1.54 bits per heavy atom. The molecule has 2 aromatic carbocycles. The maximum atomic E-state index is 12.6. The number of aliphatic hydroxyl groups is 4. The molecule has 0 bridgehead atoms. The van der Waals surface area contributed by atoms with E-state index >= 15 is 0 Å². The molecule has 1 aliphatic carbocycles. The van der Waals surface area contributed by atoms with Crippen molar-refractivity contribution in [3.63, 3.8) is 0 Å². The lowest BCUT2D eigenvalue weighted by Gasteiger charge is -2.42. The fraction of sp³-hybridized carbons (Fsp3) is 0.381. The number of carbonyl (C=O) groups is 1. The summed E-state index contributed by atoms with van der Waals surface area (Å²) in [5, 5.41) is 39.2. The second-order valence-electron chi connectivity index (χ2n) is 7.25. The lowest BCUT2D eigenvalue weighted by atomic mass is 9.95. The third kappa shape index (κ3) is 3.06. The molecule has 2 aliphatic rings. The summed E-state index contributed by atoms with van der Waals surface area (Å²) in [6.45, 7) is -0.675. The third-order valence-electron chi connectivity index (χ3n) is 5.68. The van der Waals surface area contributed by atoms with E-state index in [-0.39, 0.29) is 19.1 Å². The maximum absolute atomic E-state index is 12.6. The minimum atomic E-state index is -1.45. The fourth-order valence-electron chi connectivity index (χ4n) is 4.18. The van der Waals surface area contributed by atoms with E-state index in [9.17, 15) is 25.2 Å². The van der Waals surface area contributed by atoms with E-state index < -0.39 is 37.1 Å². The number of nitrogens with zero attached hydrogens (tertiary/aromatic N) is 1. The highest BCUT2D eigenvalue weighted by Crippen LogP contribution is 2.44. The first kappa shape index (κ1) is 18.9. The summed E-state index contributed by atoms with van der Waals surface area (Å²) in [5.74, 6) is -0.117. The van der Waals surface area contributed by atoms with E-state index in [4.69, 9.17) is 4.74 Å². The van der Waals surface area contributed by atoms with Gasteiger partial charge in [0.25, 0.3) is 0 Å². The van der Waals surface area contributed by atoms with Gasteiger partial charge >= 0.3 is 6.09 Å². The van der Waals surface area contributed by atoms with Gasteiger partial charge in [-0.2, -0.15) is 0 Å². The predicted octanol–water partition coefficient (Wildman–Crippen LogP) is 0.695. The van der Waals surface area contributed by atoms with E-state index in [1.165, 1.54) is 0 Å². The molecule has 4 atom stereocenters. The summed E-state index contributed by atoms with van der Waals surface area (Å²) in [7, 11) is 0. The van der Waals surface area contributed by atoms with E-state index in [2.05, 4.69) is 0 Å². The Morgan fingerprint density at radius 3 is 2.11 bits per heavy atom. The average Bonchev–Trinajstić information content (AvgIpc) is 3.04. The highest BCUT2D eigenvalue weighted by atomic mass is 16.6. The van der Waals surface area contributed by atoms with Crippen LogP contribution in [0.2, 0.25) is 0 Å². The van der Waals surface area contributed by atoms with Gasteiger partial charge in [-0.15, -0.1) is 0 Å². The minimum absolute atomic E-state index is 0.0935. The highest BCUT2D eigenvalue weighted by molar-refractivity contribution is 5.79. The number of hydrogen-bond acceptors (Lipinski definition) is 6. The third-order valence-corrected chi connectivity index (χ3v) is 5.68. The molecular formula is C21H23NO6. The Kier molecular flexibility index (Phi) is 5.07. The highest BCUT2D eigenvalue weighted by Gasteiger charge is 2.44. The molecule has 0 spiro atoms. The standard InChI is InChI=1S/C21H23NO6/c23-10-17-19(25)20(26)18(24)9-22(17)21(27)28-11-16-14-7-3-1-5-12(14)13-6-2-4-8-15(13)16/h1-8,16-20,23-26H,9-11H2/t17-,18+,19-,20-/m1/s1. The van der Waals surface area contributed by atoms with E-state index in [1.807, 2.05) is 48.5 Å². The molecule has 1 heterocycles. The van der Waals surface area contributed by atoms with Crippen LogP contribution in [0.5, 0.6) is 0 Å². The van der Waals surface area contributed by atoms with Gasteiger partial charge in [-0.25, -0.2) is 4.79 Å². The molecule has 28 heavy (non-hydrogen) atoms. The first-order chi connectivity index (χ1) is 13.5. The number of amides is 1. The fourth-order valence-corrected chi connectivity index (χ4v) is 4.18. The van der Waals surface area contributed by atoms with Gasteiger partial charge in [-0.05, 0) is 22.3 Å². The number of β-amino-alcohol motifs (C(OH)–C–C–N with tert-alkyl or cyclic N) is 1. The van der Waals surface area contributed by atoms with Gasteiger partial charge in [0.05, 0.1) is 19.2 Å². The molecule has 1 aliphatic heterocycles. The number of aliphatic hydroxyl groups excluding tert-OH is 4. The van der Waals surface area contributed by atoms with E-state index in [0.29, 0.717) is 0 Å². The van der Waals surface area contributed by atoms with Crippen molar-refractivity contribution >= 4 is 6.09 Å². The molecule has 0 saturated carbocycles. The molecule has 148 valence electrons. The Hall–Kier alpha value is -2.45. The van der Waals surface area contributed by atoms with Crippen LogP contribution in [0.15, 0.2) is 48.5 Å². The monoisotopic (exact) mass is 385 g/mol. The van der Waals surface area contributed by atoms with Crippen LogP contribution in [0, 0.1) is 0 Å². The van der Waals surface area contributed by atoms with Crippen molar-refractivity contribution < 1.29 is 30.0 Å². The number of hydrogen-bond donors (Lipinski definition) is 4. The number of piperidine rings is 1. The molecule has 0 aromatic heterocycles. The topological polar surface area (TPSA) is 110 Å². The van der Waals surface area contributed by atoms with E-state index in [0.717, 1.165) is 27.2 Å². The van der Waals surface area contributed by atoms with Crippen molar-refractivity contribution in [3.8, 4) is 11.1 Å². The summed E-state index contributed by atoms with van der Waals surface area (Å²) in [4.78, 5) is 13.7. The first-order valence-corrected chi connectivity index (χ1v) is 9.29. The molecule has 2 aromatic rings. The number of fused-ring (bicyclic) bond motifs is 3. The van der Waals surface area contributed by atoms with Gasteiger partial charge in [0, 0.05) is 5.92 Å². The van der Waals surface area contributed by atoms with Crippen LogP contribution in [0.4, 0.5) is 4.79 Å². The van der Waals surface area contributed by atoms with Crippen LogP contribution in [0.1, 0.15) is 17.0 Å². The van der Waals surface area contributed by atoms with Crippen LogP contribution >= 0.6 is 0 Å². The predicted molar refractivity (Wildman–Crippen MR) is 101 cm³/mol. The van der Waals surface area contributed by atoms with Gasteiger partial charge in [0.1, 0.15) is 24.9 Å². The molecule has 0 radical (unpaired) electrons. The summed E-state index contributed by atoms with van der Waals surface area (Å²) in [5.41, 5.74) is 4.37. The van der Waals surface area contributed by atoms with Crippen LogP contribution in [0.3, 0.4) is 0 Å². The first-order valence-electron chi connectivity index (χ1n) is 9.29. The van der Waals surface area contributed by atoms with Crippen LogP contribution < -0.4 is 0 Å². The van der Waals surface area contributed by atoms with Crippen molar-refractivity contribution in [2.75, 3.05) is 19.8 Å². The van der Waals surface area contributed by atoms with Gasteiger partial charge in [-0.3, -0.25) is 4.90 Å². The molecule has 4 N–H and O–H groups in total.